The van der Waals surface area contributed by atoms with E-state index in [0.717, 1.165) is 55.7 Å². The summed E-state index contributed by atoms with van der Waals surface area (Å²) in [5, 5.41) is 5.12. The van der Waals surface area contributed by atoms with Crippen LogP contribution in [0, 0.1) is 25.2 Å². The summed E-state index contributed by atoms with van der Waals surface area (Å²) in [6.07, 6.45) is 11.1. The maximum atomic E-state index is 13.7. The molecule has 2 fully saturated rings. The molecule has 0 unspecified atom stereocenters. The molecule has 2 aliphatic rings. The third kappa shape index (κ3) is 4.73. The Morgan fingerprint density at radius 1 is 1.25 bits per heavy atom. The van der Waals surface area contributed by atoms with E-state index in [1.807, 2.05) is 19.2 Å². The summed E-state index contributed by atoms with van der Waals surface area (Å²) in [5.74, 6) is 3.63. The zero-order valence-corrected chi connectivity index (χ0v) is 21.7. The molecule has 188 valence electrons. The summed E-state index contributed by atoms with van der Waals surface area (Å²) in [6, 6.07) is 6.22. The predicted molar refractivity (Wildman–Crippen MR) is 140 cm³/mol. The Balaban J connectivity index is 1.47. The molecule has 2 aliphatic heterocycles. The molecule has 0 saturated carbocycles. The van der Waals surface area contributed by atoms with Crippen molar-refractivity contribution in [2.45, 2.75) is 32.2 Å². The third-order valence-corrected chi connectivity index (χ3v) is 7.48. The van der Waals surface area contributed by atoms with Crippen LogP contribution < -0.4 is 9.62 Å². The molecule has 0 spiro atoms. The van der Waals surface area contributed by atoms with Crippen LogP contribution >= 0.6 is 11.6 Å². The van der Waals surface area contributed by atoms with Gasteiger partial charge < -0.3 is 9.80 Å². The molecule has 1 N–H and O–H groups in total. The van der Waals surface area contributed by atoms with Gasteiger partial charge in [0.1, 0.15) is 5.82 Å². The molecule has 36 heavy (non-hydrogen) atoms. The monoisotopic (exact) mass is 526 g/mol. The topological polar surface area (TPSA) is 99.9 Å². The number of piperidine rings is 1. The van der Waals surface area contributed by atoms with E-state index in [-0.39, 0.29) is 29.1 Å². The Morgan fingerprint density at radius 2 is 2.03 bits per heavy atom. The normalized spacial score (nSPS) is 18.7. The number of terminal acetylenes is 1. The van der Waals surface area contributed by atoms with E-state index in [2.05, 4.69) is 15.5 Å². The highest BCUT2D eigenvalue weighted by atomic mass is 35.5. The lowest BCUT2D eigenvalue weighted by molar-refractivity contribution is 0.0607. The van der Waals surface area contributed by atoms with Gasteiger partial charge in [-0.15, -0.1) is 6.42 Å². The van der Waals surface area contributed by atoms with Gasteiger partial charge in [-0.2, -0.15) is 5.10 Å². The number of halogens is 1. The number of likely N-dealkylation sites (tertiary alicyclic amines) is 1. The molecule has 0 bridgehead atoms. The van der Waals surface area contributed by atoms with Gasteiger partial charge in [-0.3, -0.25) is 9.52 Å². The fourth-order valence-electron chi connectivity index (χ4n) is 4.88. The van der Waals surface area contributed by atoms with Crippen LogP contribution in [0.2, 0.25) is 5.02 Å². The van der Waals surface area contributed by atoms with Crippen molar-refractivity contribution in [2.75, 3.05) is 35.5 Å². The molecular weight excluding hydrogens is 500 g/mol. The van der Waals surface area contributed by atoms with Gasteiger partial charge in [0.15, 0.2) is 5.65 Å². The minimum Gasteiger partial charge on any atom is -0.354 e. The number of hydrogen-bond acceptors (Lipinski definition) is 6. The molecule has 0 aliphatic carbocycles. The standard InChI is InChI=1S/C25H27ClN6O3S/c1-4-17-14-30(15-17)24-16(2)13-32-23(27-24)12-21(28-32)22-7-5-6-10-31(22)25(33)19-11-18(26)8-9-20(19)29-36(3,34)35/h1,8-9,11-13,17,22,29H,5-7,10,14-15H2,2-3H3/t22-/m0/s1. The van der Waals surface area contributed by atoms with Gasteiger partial charge in [-0.25, -0.2) is 17.9 Å². The van der Waals surface area contributed by atoms with Gasteiger partial charge in [0.25, 0.3) is 5.91 Å². The molecule has 4 heterocycles. The highest BCUT2D eigenvalue weighted by molar-refractivity contribution is 7.92. The van der Waals surface area contributed by atoms with Crippen LogP contribution in [0.3, 0.4) is 0 Å². The third-order valence-electron chi connectivity index (χ3n) is 6.65. The van der Waals surface area contributed by atoms with Crippen molar-refractivity contribution >= 4 is 44.7 Å². The van der Waals surface area contributed by atoms with Crippen LogP contribution in [-0.4, -0.2) is 59.7 Å². The number of benzene rings is 1. The Kier molecular flexibility index (Phi) is 6.30. The molecule has 1 aromatic carbocycles. The van der Waals surface area contributed by atoms with Crippen molar-refractivity contribution in [3.05, 3.63) is 52.3 Å². The van der Waals surface area contributed by atoms with Gasteiger partial charge in [-0.05, 0) is 44.4 Å². The number of carbonyl (C=O) groups is 1. The number of fused-ring (bicyclic) bond motifs is 1. The molecule has 1 amide bonds. The highest BCUT2D eigenvalue weighted by Crippen LogP contribution is 2.34. The number of hydrogen-bond donors (Lipinski definition) is 1. The number of sulfonamides is 1. The van der Waals surface area contributed by atoms with Crippen molar-refractivity contribution in [3.63, 3.8) is 0 Å². The van der Waals surface area contributed by atoms with Gasteiger partial charge in [-0.1, -0.05) is 17.5 Å². The molecule has 2 aromatic heterocycles. The average molecular weight is 527 g/mol. The van der Waals surface area contributed by atoms with Crippen LogP contribution in [0.1, 0.15) is 46.9 Å². The zero-order chi connectivity index (χ0) is 25.6. The van der Waals surface area contributed by atoms with Crippen LogP contribution in [-0.2, 0) is 10.0 Å². The number of carbonyl (C=O) groups excluding carboxylic acids is 1. The van der Waals surface area contributed by atoms with Crippen molar-refractivity contribution in [3.8, 4) is 12.3 Å². The first kappa shape index (κ1) is 24.4. The van der Waals surface area contributed by atoms with E-state index in [1.54, 1.807) is 15.5 Å². The first-order chi connectivity index (χ1) is 17.1. The van der Waals surface area contributed by atoms with E-state index in [4.69, 9.17) is 28.1 Å². The Bertz CT molecular complexity index is 1490. The summed E-state index contributed by atoms with van der Waals surface area (Å²) in [4.78, 5) is 22.5. The van der Waals surface area contributed by atoms with E-state index in [1.165, 1.54) is 12.1 Å². The number of anilines is 2. The largest absolute Gasteiger partial charge is 0.354 e. The summed E-state index contributed by atoms with van der Waals surface area (Å²) < 4.78 is 28.0. The second-order valence-corrected chi connectivity index (χ2v) is 11.6. The van der Waals surface area contributed by atoms with Gasteiger partial charge in [0.2, 0.25) is 10.0 Å². The molecule has 5 rings (SSSR count). The first-order valence-corrected chi connectivity index (χ1v) is 14.1. The summed E-state index contributed by atoms with van der Waals surface area (Å²) in [5.41, 5.74) is 2.86. The second-order valence-electron chi connectivity index (χ2n) is 9.46. The fourth-order valence-corrected chi connectivity index (χ4v) is 5.63. The van der Waals surface area contributed by atoms with Crippen LogP contribution in [0.15, 0.2) is 30.5 Å². The highest BCUT2D eigenvalue weighted by Gasteiger charge is 2.33. The lowest BCUT2D eigenvalue weighted by Gasteiger charge is -2.38. The maximum absolute atomic E-state index is 13.7. The van der Waals surface area contributed by atoms with Crippen molar-refractivity contribution < 1.29 is 13.2 Å². The van der Waals surface area contributed by atoms with E-state index < -0.39 is 10.0 Å². The van der Waals surface area contributed by atoms with Crippen LogP contribution in [0.5, 0.6) is 0 Å². The quantitative estimate of drug-likeness (QED) is 0.511. The van der Waals surface area contributed by atoms with Crippen LogP contribution in [0.25, 0.3) is 5.65 Å². The van der Waals surface area contributed by atoms with E-state index in [0.29, 0.717) is 17.2 Å². The molecule has 0 radical (unpaired) electrons. The SMILES string of the molecule is C#CC1CN(c2nc3cc([C@@H]4CCCCN4C(=O)c4cc(Cl)ccc4NS(C)(=O)=O)nn3cc2C)C1. The number of nitrogens with zero attached hydrogens (tertiary/aromatic N) is 5. The molecular formula is C25H27ClN6O3S. The van der Waals surface area contributed by atoms with Crippen molar-refractivity contribution in [1.82, 2.24) is 19.5 Å². The molecule has 1 atom stereocenters. The summed E-state index contributed by atoms with van der Waals surface area (Å²) in [6.45, 7) is 4.10. The minimum absolute atomic E-state index is 0.202. The van der Waals surface area contributed by atoms with Crippen LogP contribution in [0.4, 0.5) is 11.5 Å². The Labute approximate surface area is 215 Å². The molecule has 9 nitrogen and oxygen atoms in total. The second kappa shape index (κ2) is 9.30. The Morgan fingerprint density at radius 3 is 2.75 bits per heavy atom. The minimum atomic E-state index is -3.58. The molecule has 2 saturated heterocycles. The average Bonchev–Trinajstić information content (AvgIpc) is 3.21. The maximum Gasteiger partial charge on any atom is 0.256 e. The van der Waals surface area contributed by atoms with Crippen molar-refractivity contribution in [2.24, 2.45) is 5.92 Å². The van der Waals surface area contributed by atoms with Crippen molar-refractivity contribution in [1.29, 1.82) is 0 Å². The Hall–Kier alpha value is -3.29. The van der Waals surface area contributed by atoms with Gasteiger partial charge in [0, 0.05) is 42.5 Å². The molecule has 3 aromatic rings. The summed E-state index contributed by atoms with van der Waals surface area (Å²) >= 11 is 6.18. The smallest absolute Gasteiger partial charge is 0.256 e. The number of nitrogens with one attached hydrogen (secondary N) is 1. The number of rotatable bonds is 5. The fraction of sp³-hybridized carbons (Fsp3) is 0.400. The lowest BCUT2D eigenvalue weighted by atomic mass is 9.98. The summed E-state index contributed by atoms with van der Waals surface area (Å²) in [7, 11) is -3.58. The van der Waals surface area contributed by atoms with E-state index in [9.17, 15) is 13.2 Å². The van der Waals surface area contributed by atoms with Gasteiger partial charge >= 0.3 is 0 Å². The molecule has 11 heteroatoms. The predicted octanol–water partition coefficient (Wildman–Crippen LogP) is 3.50. The lowest BCUT2D eigenvalue weighted by Crippen LogP contribution is -2.46. The van der Waals surface area contributed by atoms with E-state index >= 15 is 0 Å². The van der Waals surface area contributed by atoms with Gasteiger partial charge in [0.05, 0.1) is 35.2 Å². The first-order valence-electron chi connectivity index (χ1n) is 11.8. The number of aromatic nitrogens is 3. The number of amides is 1. The zero-order valence-electron chi connectivity index (χ0n) is 20.1. The number of aryl methyl sites for hydroxylation is 1.